The normalized spacial score (nSPS) is 15.1. The maximum Gasteiger partial charge on any atom is 0.287 e. The smallest absolute Gasteiger partial charge is 0.287 e. The van der Waals surface area contributed by atoms with Gasteiger partial charge >= 0.3 is 0 Å². The molecule has 1 aliphatic heterocycles. The zero-order chi connectivity index (χ0) is 20.9. The largest absolute Gasteiger partial charge is 0.459 e. The number of nitrogens with zero attached hydrogens (tertiary/aromatic N) is 1. The predicted octanol–water partition coefficient (Wildman–Crippen LogP) is 1.83. The summed E-state index contributed by atoms with van der Waals surface area (Å²) in [5, 5.41) is 5.50. The molecule has 3 amide bonds. The van der Waals surface area contributed by atoms with Gasteiger partial charge in [0, 0.05) is 17.8 Å². The van der Waals surface area contributed by atoms with Gasteiger partial charge in [0.15, 0.2) is 17.3 Å². The van der Waals surface area contributed by atoms with Crippen LogP contribution in [0.2, 0.25) is 0 Å². The molecule has 1 saturated carbocycles. The molecule has 1 aliphatic carbocycles. The molecule has 0 spiro atoms. The Kier molecular flexibility index (Phi) is 5.87. The summed E-state index contributed by atoms with van der Waals surface area (Å²) in [6.07, 6.45) is 5.46. The van der Waals surface area contributed by atoms with Crippen LogP contribution in [-0.4, -0.2) is 43.6 Å². The van der Waals surface area contributed by atoms with Crippen LogP contribution in [0.3, 0.4) is 0 Å². The van der Waals surface area contributed by atoms with Crippen LogP contribution in [0.1, 0.15) is 36.2 Å². The number of amides is 3. The first-order valence-electron chi connectivity index (χ1n) is 9.91. The number of hydrogen-bond donors (Lipinski definition) is 2. The van der Waals surface area contributed by atoms with E-state index in [0.29, 0.717) is 17.2 Å². The zero-order valence-electron chi connectivity index (χ0n) is 16.4. The third kappa shape index (κ3) is 4.56. The molecule has 0 radical (unpaired) electrons. The van der Waals surface area contributed by atoms with Crippen LogP contribution >= 0.6 is 0 Å². The summed E-state index contributed by atoms with van der Waals surface area (Å²) < 4.78 is 15.7. The van der Waals surface area contributed by atoms with Crippen LogP contribution in [0.15, 0.2) is 41.0 Å². The van der Waals surface area contributed by atoms with Crippen LogP contribution in [0.5, 0.6) is 11.5 Å². The van der Waals surface area contributed by atoms with Gasteiger partial charge in [-0.2, -0.15) is 0 Å². The van der Waals surface area contributed by atoms with E-state index in [2.05, 4.69) is 10.6 Å². The second-order valence-electron chi connectivity index (χ2n) is 7.23. The van der Waals surface area contributed by atoms with Crippen molar-refractivity contribution in [2.75, 3.05) is 24.8 Å². The molecule has 2 aromatic rings. The van der Waals surface area contributed by atoms with Gasteiger partial charge in [-0.15, -0.1) is 0 Å². The van der Waals surface area contributed by atoms with Crippen LogP contribution in [0, 0.1) is 0 Å². The van der Waals surface area contributed by atoms with Gasteiger partial charge < -0.3 is 29.4 Å². The highest BCUT2D eigenvalue weighted by atomic mass is 16.7. The lowest BCUT2D eigenvalue weighted by Gasteiger charge is -2.24. The Morgan fingerprint density at radius 3 is 2.63 bits per heavy atom. The average Bonchev–Trinajstić information content (AvgIpc) is 3.51. The van der Waals surface area contributed by atoms with Gasteiger partial charge in [-0.05, 0) is 37.1 Å². The second-order valence-corrected chi connectivity index (χ2v) is 7.23. The second kappa shape index (κ2) is 8.89. The number of benzene rings is 1. The van der Waals surface area contributed by atoms with Crippen molar-refractivity contribution >= 4 is 23.4 Å². The molecule has 9 heteroatoms. The number of rotatable bonds is 7. The van der Waals surface area contributed by atoms with Gasteiger partial charge in [-0.25, -0.2) is 0 Å². The summed E-state index contributed by atoms with van der Waals surface area (Å²) in [5.74, 6) is 0.000205. The van der Waals surface area contributed by atoms with Gasteiger partial charge in [0.25, 0.3) is 5.91 Å². The van der Waals surface area contributed by atoms with E-state index in [1.54, 1.807) is 24.3 Å². The van der Waals surface area contributed by atoms with Crippen molar-refractivity contribution in [1.29, 1.82) is 0 Å². The van der Waals surface area contributed by atoms with Crippen molar-refractivity contribution in [3.05, 3.63) is 42.4 Å². The molecule has 2 heterocycles. The fourth-order valence-electron chi connectivity index (χ4n) is 3.61. The molecule has 1 fully saturated rings. The third-order valence-electron chi connectivity index (χ3n) is 5.14. The SMILES string of the molecule is O=C(CN(C(=O)CNC(=O)c1ccco1)c1ccc2c(c1)OCO2)NC1CCCC1. The number of fused-ring (bicyclic) bond motifs is 1. The number of carbonyl (C=O) groups excluding carboxylic acids is 3. The van der Waals surface area contributed by atoms with Crippen LogP contribution in [0.25, 0.3) is 0 Å². The molecule has 30 heavy (non-hydrogen) atoms. The number of ether oxygens (including phenoxy) is 2. The Balaban J connectivity index is 1.46. The topological polar surface area (TPSA) is 110 Å². The number of anilines is 1. The van der Waals surface area contributed by atoms with E-state index in [1.165, 1.54) is 17.2 Å². The van der Waals surface area contributed by atoms with Crippen molar-refractivity contribution in [2.24, 2.45) is 0 Å². The fraction of sp³-hybridized carbons (Fsp3) is 0.381. The maximum atomic E-state index is 12.9. The van der Waals surface area contributed by atoms with Crippen molar-refractivity contribution < 1.29 is 28.3 Å². The Hall–Kier alpha value is -3.49. The van der Waals surface area contributed by atoms with E-state index in [-0.39, 0.29) is 37.6 Å². The van der Waals surface area contributed by atoms with Gasteiger partial charge in [0.1, 0.15) is 6.54 Å². The lowest BCUT2D eigenvalue weighted by molar-refractivity contribution is -0.123. The fourth-order valence-corrected chi connectivity index (χ4v) is 3.61. The minimum absolute atomic E-state index is 0.105. The molecule has 1 aromatic heterocycles. The Bertz CT molecular complexity index is 921. The average molecular weight is 413 g/mol. The van der Waals surface area contributed by atoms with Crippen molar-refractivity contribution in [1.82, 2.24) is 10.6 Å². The quantitative estimate of drug-likeness (QED) is 0.717. The Labute approximate surface area is 173 Å². The molecule has 0 bridgehead atoms. The molecular formula is C21H23N3O6. The van der Waals surface area contributed by atoms with E-state index in [4.69, 9.17) is 13.9 Å². The summed E-state index contributed by atoms with van der Waals surface area (Å²) in [6, 6.07) is 8.26. The van der Waals surface area contributed by atoms with E-state index in [1.807, 2.05) is 0 Å². The van der Waals surface area contributed by atoms with Gasteiger partial charge in [-0.1, -0.05) is 12.8 Å². The molecule has 2 N–H and O–H groups in total. The molecule has 0 saturated heterocycles. The van der Waals surface area contributed by atoms with Crippen molar-refractivity contribution in [2.45, 2.75) is 31.7 Å². The molecule has 158 valence electrons. The Morgan fingerprint density at radius 2 is 1.87 bits per heavy atom. The number of hydrogen-bond acceptors (Lipinski definition) is 6. The molecule has 2 aliphatic rings. The summed E-state index contributed by atoms with van der Waals surface area (Å²) in [4.78, 5) is 38.9. The third-order valence-corrected chi connectivity index (χ3v) is 5.14. The molecule has 0 atom stereocenters. The summed E-state index contributed by atoms with van der Waals surface area (Å²) in [7, 11) is 0. The summed E-state index contributed by atoms with van der Waals surface area (Å²) in [5.41, 5.74) is 0.484. The molecule has 1 aromatic carbocycles. The molecule has 0 unspecified atom stereocenters. The molecule has 9 nitrogen and oxygen atoms in total. The Morgan fingerprint density at radius 1 is 1.07 bits per heavy atom. The number of nitrogens with one attached hydrogen (secondary N) is 2. The molecule has 4 rings (SSSR count). The highest BCUT2D eigenvalue weighted by molar-refractivity contribution is 6.02. The minimum Gasteiger partial charge on any atom is -0.459 e. The summed E-state index contributed by atoms with van der Waals surface area (Å²) >= 11 is 0. The first-order chi connectivity index (χ1) is 14.6. The van der Waals surface area contributed by atoms with E-state index in [9.17, 15) is 14.4 Å². The first-order valence-corrected chi connectivity index (χ1v) is 9.91. The van der Waals surface area contributed by atoms with E-state index < -0.39 is 11.8 Å². The zero-order valence-corrected chi connectivity index (χ0v) is 16.4. The van der Waals surface area contributed by atoms with Gasteiger partial charge in [0.05, 0.1) is 12.8 Å². The van der Waals surface area contributed by atoms with Gasteiger partial charge in [-0.3, -0.25) is 14.4 Å². The monoisotopic (exact) mass is 413 g/mol. The van der Waals surface area contributed by atoms with Crippen LogP contribution in [0.4, 0.5) is 5.69 Å². The maximum absolute atomic E-state index is 12.9. The highest BCUT2D eigenvalue weighted by Crippen LogP contribution is 2.35. The predicted molar refractivity (Wildman–Crippen MR) is 106 cm³/mol. The van der Waals surface area contributed by atoms with E-state index in [0.717, 1.165) is 25.7 Å². The number of furan rings is 1. The van der Waals surface area contributed by atoms with E-state index >= 15 is 0 Å². The summed E-state index contributed by atoms with van der Waals surface area (Å²) in [6.45, 7) is -0.343. The lowest BCUT2D eigenvalue weighted by Crippen LogP contribution is -2.47. The minimum atomic E-state index is -0.505. The van der Waals surface area contributed by atoms with Crippen LogP contribution < -0.4 is 25.0 Å². The highest BCUT2D eigenvalue weighted by Gasteiger charge is 2.25. The standard InChI is InChI=1S/C21H23N3O6/c25-19(23-14-4-1-2-5-14)12-24(15-7-8-16-18(10-15)30-13-29-16)20(26)11-22-21(27)17-6-3-9-28-17/h3,6-10,14H,1-2,4-5,11-13H2,(H,22,27)(H,23,25). The van der Waals surface area contributed by atoms with Gasteiger partial charge in [0.2, 0.25) is 18.6 Å². The molecular weight excluding hydrogens is 390 g/mol. The first kappa shape index (κ1) is 19.8. The lowest BCUT2D eigenvalue weighted by atomic mass is 10.2. The van der Waals surface area contributed by atoms with Crippen molar-refractivity contribution in [3.8, 4) is 11.5 Å². The van der Waals surface area contributed by atoms with Crippen molar-refractivity contribution in [3.63, 3.8) is 0 Å². The number of carbonyl (C=O) groups is 3. The van der Waals surface area contributed by atoms with Crippen LogP contribution in [-0.2, 0) is 9.59 Å².